The van der Waals surface area contributed by atoms with Gasteiger partial charge in [-0.1, -0.05) is 13.0 Å². The van der Waals surface area contributed by atoms with Gasteiger partial charge in [-0.05, 0) is 44.0 Å². The first-order valence-corrected chi connectivity index (χ1v) is 9.19. The summed E-state index contributed by atoms with van der Waals surface area (Å²) in [4.78, 5) is 16.6. The molecular formula is C22H25NO4. The highest BCUT2D eigenvalue weighted by atomic mass is 16.5. The predicted molar refractivity (Wildman–Crippen MR) is 108 cm³/mol. The second-order valence-electron chi connectivity index (χ2n) is 6.31. The zero-order valence-corrected chi connectivity index (χ0v) is 16.2. The molecule has 0 unspecified atom stereocenters. The van der Waals surface area contributed by atoms with Gasteiger partial charge in [-0.2, -0.15) is 0 Å². The SMILES string of the molecule is CCCOc1ccc(C)c2c(=O)c(-c3ccc(OC)cc3OCC)c[nH]c12. The van der Waals surface area contributed by atoms with E-state index in [4.69, 9.17) is 14.2 Å². The van der Waals surface area contributed by atoms with Gasteiger partial charge in [0.05, 0.1) is 31.2 Å². The third-order valence-electron chi connectivity index (χ3n) is 4.45. The lowest BCUT2D eigenvalue weighted by molar-refractivity contribution is 0.320. The van der Waals surface area contributed by atoms with E-state index in [9.17, 15) is 4.79 Å². The Labute approximate surface area is 158 Å². The molecule has 2 aromatic carbocycles. The number of hydrogen-bond donors (Lipinski definition) is 1. The summed E-state index contributed by atoms with van der Waals surface area (Å²) in [6, 6.07) is 9.31. The van der Waals surface area contributed by atoms with E-state index in [-0.39, 0.29) is 5.43 Å². The van der Waals surface area contributed by atoms with E-state index in [1.807, 2.05) is 38.1 Å². The quantitative estimate of drug-likeness (QED) is 0.657. The fourth-order valence-corrected chi connectivity index (χ4v) is 3.13. The molecule has 0 amide bonds. The van der Waals surface area contributed by atoms with Gasteiger partial charge < -0.3 is 19.2 Å². The number of aromatic amines is 1. The van der Waals surface area contributed by atoms with E-state index in [0.29, 0.717) is 41.4 Å². The second-order valence-corrected chi connectivity index (χ2v) is 6.31. The zero-order chi connectivity index (χ0) is 19.4. The van der Waals surface area contributed by atoms with Gasteiger partial charge in [0.2, 0.25) is 0 Å². The number of benzene rings is 2. The number of pyridine rings is 1. The average molecular weight is 367 g/mol. The van der Waals surface area contributed by atoms with Gasteiger partial charge in [-0.3, -0.25) is 4.79 Å². The Bertz CT molecular complexity index is 1010. The van der Waals surface area contributed by atoms with Crippen LogP contribution in [0.2, 0.25) is 0 Å². The summed E-state index contributed by atoms with van der Waals surface area (Å²) in [5.41, 5.74) is 2.88. The molecule has 1 heterocycles. The minimum Gasteiger partial charge on any atom is -0.497 e. The van der Waals surface area contributed by atoms with Gasteiger partial charge in [0.1, 0.15) is 17.2 Å². The second kappa shape index (κ2) is 8.16. The first-order chi connectivity index (χ1) is 13.1. The molecule has 0 spiro atoms. The molecule has 0 bridgehead atoms. The molecule has 27 heavy (non-hydrogen) atoms. The van der Waals surface area contributed by atoms with E-state index < -0.39 is 0 Å². The lowest BCUT2D eigenvalue weighted by Crippen LogP contribution is -2.10. The van der Waals surface area contributed by atoms with Crippen LogP contribution in [0.4, 0.5) is 0 Å². The highest BCUT2D eigenvalue weighted by Crippen LogP contribution is 2.33. The Balaban J connectivity index is 2.21. The standard InChI is InChI=1S/C22H25NO4/c1-5-11-27-18-10-7-14(3)20-21(18)23-13-17(22(20)24)16-9-8-15(25-4)12-19(16)26-6-2/h7-10,12-13H,5-6,11H2,1-4H3,(H,23,24). The molecule has 5 heteroatoms. The molecule has 0 aliphatic heterocycles. The number of methoxy groups -OCH3 is 1. The van der Waals surface area contributed by atoms with Crippen LogP contribution in [0.3, 0.4) is 0 Å². The van der Waals surface area contributed by atoms with Crippen LogP contribution in [0.5, 0.6) is 17.2 Å². The van der Waals surface area contributed by atoms with Crippen molar-refractivity contribution >= 4 is 10.9 Å². The summed E-state index contributed by atoms with van der Waals surface area (Å²) >= 11 is 0. The first kappa shape index (κ1) is 18.8. The van der Waals surface area contributed by atoms with E-state index in [1.165, 1.54) is 0 Å². The maximum Gasteiger partial charge on any atom is 0.197 e. The zero-order valence-electron chi connectivity index (χ0n) is 16.2. The van der Waals surface area contributed by atoms with E-state index in [0.717, 1.165) is 23.1 Å². The summed E-state index contributed by atoms with van der Waals surface area (Å²) < 4.78 is 16.8. The van der Waals surface area contributed by atoms with Crippen molar-refractivity contribution in [1.82, 2.24) is 4.98 Å². The van der Waals surface area contributed by atoms with Gasteiger partial charge >= 0.3 is 0 Å². The minimum absolute atomic E-state index is 0.0469. The lowest BCUT2D eigenvalue weighted by atomic mass is 10.0. The van der Waals surface area contributed by atoms with E-state index in [1.54, 1.807) is 19.4 Å². The third kappa shape index (κ3) is 3.63. The maximum absolute atomic E-state index is 13.3. The van der Waals surface area contributed by atoms with E-state index >= 15 is 0 Å². The molecule has 0 atom stereocenters. The molecule has 0 radical (unpaired) electrons. The number of H-pyrrole nitrogens is 1. The molecule has 1 N–H and O–H groups in total. The molecule has 0 saturated carbocycles. The van der Waals surface area contributed by atoms with Crippen molar-refractivity contribution in [1.29, 1.82) is 0 Å². The van der Waals surface area contributed by atoms with Crippen LogP contribution >= 0.6 is 0 Å². The molecule has 0 aliphatic carbocycles. The summed E-state index contributed by atoms with van der Waals surface area (Å²) in [6.07, 6.45) is 2.63. The topological polar surface area (TPSA) is 60.6 Å². The van der Waals surface area contributed by atoms with Crippen molar-refractivity contribution in [3.05, 3.63) is 52.3 Å². The molecule has 1 aromatic heterocycles. The summed E-state index contributed by atoms with van der Waals surface area (Å²) in [7, 11) is 1.61. The molecule has 0 aliphatic rings. The highest BCUT2D eigenvalue weighted by molar-refractivity contribution is 5.91. The highest BCUT2D eigenvalue weighted by Gasteiger charge is 2.16. The summed E-state index contributed by atoms with van der Waals surface area (Å²) in [5, 5.41) is 0.638. The van der Waals surface area contributed by atoms with Gasteiger partial charge in [-0.25, -0.2) is 0 Å². The number of fused-ring (bicyclic) bond motifs is 1. The van der Waals surface area contributed by atoms with Gasteiger partial charge in [-0.15, -0.1) is 0 Å². The fraction of sp³-hybridized carbons (Fsp3) is 0.318. The van der Waals surface area contributed by atoms with Gasteiger partial charge in [0.25, 0.3) is 0 Å². The van der Waals surface area contributed by atoms with Crippen LogP contribution in [0.15, 0.2) is 41.3 Å². The molecule has 0 saturated heterocycles. The van der Waals surface area contributed by atoms with Crippen molar-refractivity contribution in [2.75, 3.05) is 20.3 Å². The monoisotopic (exact) mass is 367 g/mol. The Kier molecular flexibility index (Phi) is 5.69. The van der Waals surface area contributed by atoms with Crippen molar-refractivity contribution in [2.45, 2.75) is 27.2 Å². The number of aryl methyl sites for hydroxylation is 1. The van der Waals surface area contributed by atoms with Crippen LogP contribution < -0.4 is 19.6 Å². The van der Waals surface area contributed by atoms with Crippen molar-refractivity contribution < 1.29 is 14.2 Å². The number of ether oxygens (including phenoxy) is 3. The number of nitrogens with one attached hydrogen (secondary N) is 1. The average Bonchev–Trinajstić information content (AvgIpc) is 2.68. The minimum atomic E-state index is -0.0469. The van der Waals surface area contributed by atoms with Gasteiger partial charge in [0.15, 0.2) is 5.43 Å². The molecule has 142 valence electrons. The lowest BCUT2D eigenvalue weighted by Gasteiger charge is -2.14. The normalized spacial score (nSPS) is 10.8. The van der Waals surface area contributed by atoms with Crippen molar-refractivity contribution in [2.24, 2.45) is 0 Å². The Hall–Kier alpha value is -2.95. The number of rotatable bonds is 7. The molecule has 5 nitrogen and oxygen atoms in total. The third-order valence-corrected chi connectivity index (χ3v) is 4.45. The first-order valence-electron chi connectivity index (χ1n) is 9.19. The number of aromatic nitrogens is 1. The number of hydrogen-bond acceptors (Lipinski definition) is 4. The molecule has 3 rings (SSSR count). The van der Waals surface area contributed by atoms with Gasteiger partial charge in [0, 0.05) is 23.4 Å². The summed E-state index contributed by atoms with van der Waals surface area (Å²) in [6.45, 7) is 7.00. The van der Waals surface area contributed by atoms with E-state index in [2.05, 4.69) is 11.9 Å². The molecule has 0 fully saturated rings. The smallest absolute Gasteiger partial charge is 0.197 e. The van der Waals surface area contributed by atoms with Crippen LogP contribution in [0.25, 0.3) is 22.0 Å². The Morgan fingerprint density at radius 3 is 2.52 bits per heavy atom. The largest absolute Gasteiger partial charge is 0.497 e. The van der Waals surface area contributed by atoms with Crippen molar-refractivity contribution in [3.8, 4) is 28.4 Å². The van der Waals surface area contributed by atoms with Crippen LogP contribution in [-0.4, -0.2) is 25.3 Å². The maximum atomic E-state index is 13.3. The van der Waals surface area contributed by atoms with Crippen molar-refractivity contribution in [3.63, 3.8) is 0 Å². The van der Waals surface area contributed by atoms with Crippen LogP contribution in [0.1, 0.15) is 25.8 Å². The summed E-state index contributed by atoms with van der Waals surface area (Å²) in [5.74, 6) is 2.00. The van der Waals surface area contributed by atoms with Crippen LogP contribution in [-0.2, 0) is 0 Å². The predicted octanol–water partition coefficient (Wildman–Crippen LogP) is 4.70. The molecule has 3 aromatic rings. The fourth-order valence-electron chi connectivity index (χ4n) is 3.13. The van der Waals surface area contributed by atoms with Crippen LogP contribution in [0, 0.1) is 6.92 Å². The Morgan fingerprint density at radius 1 is 1.00 bits per heavy atom. The molecular weight excluding hydrogens is 342 g/mol. The Morgan fingerprint density at radius 2 is 1.81 bits per heavy atom.